The highest BCUT2D eigenvalue weighted by molar-refractivity contribution is 7.07. The molecule has 182 valence electrons. The minimum atomic E-state index is -0.919. The normalized spacial score (nSPS) is 13.2. The molecule has 2 aromatic rings. The fourth-order valence-corrected chi connectivity index (χ4v) is 3.84. The fraction of sp³-hybridized carbons (Fsp3) is 0.417. The number of hydrogen-bond acceptors (Lipinski definition) is 7. The van der Waals surface area contributed by atoms with Gasteiger partial charge in [-0.05, 0) is 39.0 Å². The first-order chi connectivity index (χ1) is 15.8. The van der Waals surface area contributed by atoms with Crippen LogP contribution in [0.4, 0.5) is 11.4 Å². The van der Waals surface area contributed by atoms with E-state index in [1.54, 1.807) is 45.0 Å². The van der Waals surface area contributed by atoms with E-state index in [9.17, 15) is 24.8 Å². The number of hydrogen-bond donors (Lipinski definition) is 4. The van der Waals surface area contributed by atoms with Gasteiger partial charge in [0.05, 0.1) is 12.1 Å². The number of aliphatic hydroxyl groups is 1. The van der Waals surface area contributed by atoms with Gasteiger partial charge in [-0.15, -0.1) is 11.3 Å². The minimum Gasteiger partial charge on any atom is -0.394 e. The summed E-state index contributed by atoms with van der Waals surface area (Å²) < 4.78 is 1.91. The van der Waals surface area contributed by atoms with Gasteiger partial charge < -0.3 is 21.1 Å². The summed E-state index contributed by atoms with van der Waals surface area (Å²) in [6.45, 7) is 10.4. The Balaban J connectivity index is 2.45. The number of rotatable bonds is 7. The molecule has 4 N–H and O–H groups in total. The zero-order chi connectivity index (χ0) is 25.7. The molecular weight excluding hydrogens is 454 g/mol. The second-order valence-corrected chi connectivity index (χ2v) is 10.4. The van der Waals surface area contributed by atoms with Crippen molar-refractivity contribution in [3.63, 3.8) is 0 Å². The molecule has 0 spiro atoms. The summed E-state index contributed by atoms with van der Waals surface area (Å²) in [5, 5.41) is 27.5. The Morgan fingerprint density at radius 1 is 1.21 bits per heavy atom. The zero-order valence-corrected chi connectivity index (χ0v) is 21.1. The van der Waals surface area contributed by atoms with Crippen molar-refractivity contribution in [2.45, 2.75) is 53.6 Å². The maximum Gasteiger partial charge on any atom is 0.270 e. The van der Waals surface area contributed by atoms with Crippen LogP contribution >= 0.6 is 11.3 Å². The van der Waals surface area contributed by atoms with E-state index in [0.717, 1.165) is 11.3 Å². The highest BCUT2D eigenvalue weighted by Crippen LogP contribution is 2.20. The van der Waals surface area contributed by atoms with Gasteiger partial charge >= 0.3 is 0 Å². The molecular formula is C24H31N5O4S. The van der Waals surface area contributed by atoms with Gasteiger partial charge in [-0.2, -0.15) is 5.26 Å². The van der Waals surface area contributed by atoms with Crippen LogP contribution in [-0.2, 0) is 16.1 Å². The molecule has 1 heterocycles. The first kappa shape index (κ1) is 26.8. The summed E-state index contributed by atoms with van der Waals surface area (Å²) in [6, 6.07) is 8.95. The summed E-state index contributed by atoms with van der Waals surface area (Å²) in [5.74, 6) is -0.781. The van der Waals surface area contributed by atoms with Crippen molar-refractivity contribution in [1.82, 2.24) is 9.88 Å². The molecule has 0 aliphatic carbocycles. The highest BCUT2D eigenvalue weighted by Gasteiger charge is 2.23. The molecule has 0 unspecified atom stereocenters. The van der Waals surface area contributed by atoms with Crippen molar-refractivity contribution in [3.05, 3.63) is 43.8 Å². The largest absolute Gasteiger partial charge is 0.394 e. The van der Waals surface area contributed by atoms with Crippen molar-refractivity contribution in [3.8, 4) is 6.07 Å². The fourth-order valence-electron chi connectivity index (χ4n) is 2.75. The summed E-state index contributed by atoms with van der Waals surface area (Å²) >= 11 is 1.02. The molecule has 1 aromatic heterocycles. The predicted octanol–water partition coefficient (Wildman–Crippen LogP) is 1.33. The Kier molecular flexibility index (Phi) is 8.42. The number of carbonyl (C=O) groups is 2. The lowest BCUT2D eigenvalue weighted by molar-refractivity contribution is -0.123. The third-order valence-corrected chi connectivity index (χ3v) is 5.93. The van der Waals surface area contributed by atoms with Crippen LogP contribution in [0.3, 0.4) is 0 Å². The van der Waals surface area contributed by atoms with Gasteiger partial charge in [-0.25, -0.2) is 0 Å². The van der Waals surface area contributed by atoms with Gasteiger partial charge in [0.25, 0.3) is 11.5 Å². The van der Waals surface area contributed by atoms with Crippen LogP contribution in [-0.4, -0.2) is 33.6 Å². The lowest BCUT2D eigenvalue weighted by Gasteiger charge is -2.22. The average molecular weight is 486 g/mol. The zero-order valence-electron chi connectivity index (χ0n) is 20.3. The molecule has 0 fully saturated rings. The lowest BCUT2D eigenvalue weighted by Crippen LogP contribution is -2.47. The van der Waals surface area contributed by atoms with Gasteiger partial charge in [-0.1, -0.05) is 26.8 Å². The monoisotopic (exact) mass is 485 g/mol. The van der Waals surface area contributed by atoms with E-state index >= 15 is 0 Å². The first-order valence-corrected chi connectivity index (χ1v) is 11.6. The van der Waals surface area contributed by atoms with E-state index in [1.165, 1.54) is 10.8 Å². The van der Waals surface area contributed by atoms with Crippen molar-refractivity contribution >= 4 is 46.3 Å². The number of carbonyl (C=O) groups excluding carboxylic acids is 2. The number of nitriles is 1. The van der Waals surface area contributed by atoms with E-state index in [1.807, 2.05) is 26.8 Å². The second kappa shape index (κ2) is 10.7. The van der Waals surface area contributed by atoms with Crippen LogP contribution in [0.2, 0.25) is 0 Å². The number of anilines is 2. The molecule has 0 saturated carbocycles. The van der Waals surface area contributed by atoms with Crippen molar-refractivity contribution in [1.29, 1.82) is 5.26 Å². The van der Waals surface area contributed by atoms with Crippen molar-refractivity contribution < 1.29 is 14.7 Å². The molecule has 10 heteroatoms. The first-order valence-electron chi connectivity index (χ1n) is 10.8. The van der Waals surface area contributed by atoms with E-state index in [2.05, 4.69) is 16.0 Å². The molecule has 0 radical (unpaired) electrons. The number of amides is 2. The maximum absolute atomic E-state index is 12.9. The highest BCUT2D eigenvalue weighted by atomic mass is 32.1. The van der Waals surface area contributed by atoms with Crippen LogP contribution in [0.15, 0.2) is 29.1 Å². The standard InChI is InChI=1S/C24H31N5O4S/c1-7-29-20(32)18(34-21(29)17(12-25)19(31)28-24(5,6)14-30)13-26-15-9-8-10-16(11-15)27-22(33)23(2,3)4/h8-11,13,26,30H,7,14H2,1-6H3,(H,27,33)(H,28,31). The molecule has 0 saturated heterocycles. The third-order valence-electron chi connectivity index (χ3n) is 4.80. The van der Waals surface area contributed by atoms with Crippen LogP contribution in [0.25, 0.3) is 11.8 Å². The van der Waals surface area contributed by atoms with Crippen LogP contribution in [0, 0.1) is 16.7 Å². The Hall–Kier alpha value is -3.42. The third kappa shape index (κ3) is 6.56. The van der Waals surface area contributed by atoms with E-state index < -0.39 is 16.9 Å². The quantitative estimate of drug-likeness (QED) is 0.467. The van der Waals surface area contributed by atoms with Crippen molar-refractivity contribution in [2.75, 3.05) is 17.2 Å². The molecule has 0 aliphatic heterocycles. The topological polar surface area (TPSA) is 136 Å². The minimum absolute atomic E-state index is 0.121. The van der Waals surface area contributed by atoms with Crippen LogP contribution in [0.1, 0.15) is 41.5 Å². The molecule has 2 rings (SSSR count). The maximum atomic E-state index is 12.9. The Morgan fingerprint density at radius 2 is 1.85 bits per heavy atom. The Labute approximate surface area is 202 Å². The smallest absolute Gasteiger partial charge is 0.270 e. The Bertz CT molecular complexity index is 1290. The van der Waals surface area contributed by atoms with Crippen molar-refractivity contribution in [2.24, 2.45) is 5.41 Å². The van der Waals surface area contributed by atoms with Gasteiger partial charge in [0.2, 0.25) is 5.91 Å². The van der Waals surface area contributed by atoms with Crippen LogP contribution in [0.5, 0.6) is 0 Å². The lowest BCUT2D eigenvalue weighted by atomic mass is 9.95. The number of nitrogens with zero attached hydrogens (tertiary/aromatic N) is 2. The number of aliphatic hydroxyl groups excluding tert-OH is 1. The predicted molar refractivity (Wildman–Crippen MR) is 134 cm³/mol. The van der Waals surface area contributed by atoms with E-state index in [-0.39, 0.29) is 34.9 Å². The number of nitrogens with one attached hydrogen (secondary N) is 3. The van der Waals surface area contributed by atoms with Crippen LogP contribution < -0.4 is 30.7 Å². The van der Waals surface area contributed by atoms with E-state index in [0.29, 0.717) is 15.9 Å². The summed E-state index contributed by atoms with van der Waals surface area (Å²) in [4.78, 5) is 37.8. The summed E-state index contributed by atoms with van der Waals surface area (Å²) in [6.07, 6.45) is 1.51. The SMILES string of the molecule is CCn1c(=C(C#N)C(=O)NC(C)(C)CO)sc(=CNc2cccc(NC(=O)C(C)(C)C)c2)c1=O. The molecule has 0 aliphatic rings. The molecule has 34 heavy (non-hydrogen) atoms. The van der Waals surface area contributed by atoms with E-state index in [4.69, 9.17) is 0 Å². The molecule has 2 amide bonds. The summed E-state index contributed by atoms with van der Waals surface area (Å²) in [7, 11) is 0. The van der Waals surface area contributed by atoms with Gasteiger partial charge in [0, 0.05) is 29.5 Å². The number of thiazole rings is 1. The Morgan fingerprint density at radius 3 is 2.41 bits per heavy atom. The summed E-state index contributed by atoms with van der Waals surface area (Å²) in [5.41, 5.74) is -0.735. The molecule has 9 nitrogen and oxygen atoms in total. The van der Waals surface area contributed by atoms with Gasteiger partial charge in [0.15, 0.2) is 5.57 Å². The average Bonchev–Trinajstić information content (AvgIpc) is 3.07. The molecule has 0 atom stereocenters. The number of benzene rings is 1. The number of aromatic nitrogens is 1. The van der Waals surface area contributed by atoms with Gasteiger partial charge in [-0.3, -0.25) is 19.0 Å². The molecule has 0 bridgehead atoms. The molecule has 1 aromatic carbocycles. The van der Waals surface area contributed by atoms with Gasteiger partial charge in [0.1, 0.15) is 15.3 Å². The second-order valence-electron chi connectivity index (χ2n) is 9.38.